The van der Waals surface area contributed by atoms with Gasteiger partial charge in [0.1, 0.15) is 0 Å². The summed E-state index contributed by atoms with van der Waals surface area (Å²) in [5.74, 6) is -0.563. The Kier molecular flexibility index (Phi) is 5.74. The molecule has 0 spiro atoms. The molecule has 3 rings (SSSR count). The zero-order chi connectivity index (χ0) is 17.7. The monoisotopic (exact) mass is 346 g/mol. The van der Waals surface area contributed by atoms with E-state index in [1.54, 1.807) is 12.1 Å². The Morgan fingerprint density at radius 3 is 2.36 bits per heavy atom. The van der Waals surface area contributed by atoms with Crippen molar-refractivity contribution in [2.45, 2.75) is 63.1 Å². The van der Waals surface area contributed by atoms with Crippen LogP contribution in [0.25, 0.3) is 0 Å². The molecule has 5 nitrogen and oxygen atoms in total. The molecule has 1 heterocycles. The molecule has 1 aromatic rings. The van der Waals surface area contributed by atoms with E-state index in [9.17, 15) is 9.59 Å². The second-order valence-corrected chi connectivity index (χ2v) is 6.91. The number of rotatable bonds is 4. The maximum atomic E-state index is 13.1. The van der Waals surface area contributed by atoms with Crippen molar-refractivity contribution in [3.63, 3.8) is 0 Å². The van der Waals surface area contributed by atoms with E-state index in [-0.39, 0.29) is 11.9 Å². The summed E-state index contributed by atoms with van der Waals surface area (Å²) in [6.07, 6.45) is 7.07. The molecular weight excluding hydrogens is 320 g/mol. The Morgan fingerprint density at radius 1 is 1.04 bits per heavy atom. The summed E-state index contributed by atoms with van der Waals surface area (Å²) in [5, 5.41) is 0. The third kappa shape index (κ3) is 3.87. The Morgan fingerprint density at radius 2 is 1.76 bits per heavy atom. The lowest BCUT2D eigenvalue weighted by Crippen LogP contribution is -2.42. The van der Waals surface area contributed by atoms with Crippen molar-refractivity contribution < 1.29 is 23.8 Å². The Hall–Kier alpha value is -1.88. The molecule has 1 aliphatic heterocycles. The molecule has 1 aliphatic carbocycles. The Balaban J connectivity index is 1.82. The summed E-state index contributed by atoms with van der Waals surface area (Å²) in [6.45, 7) is 0.652. The van der Waals surface area contributed by atoms with E-state index in [1.807, 2.05) is 12.1 Å². The lowest BCUT2D eigenvalue weighted by atomic mass is 9.69. The lowest BCUT2D eigenvalue weighted by molar-refractivity contribution is -0.194. The van der Waals surface area contributed by atoms with Gasteiger partial charge < -0.3 is 14.2 Å². The van der Waals surface area contributed by atoms with Gasteiger partial charge in [0.15, 0.2) is 0 Å². The van der Waals surface area contributed by atoms with Crippen molar-refractivity contribution in [2.24, 2.45) is 0 Å². The fraction of sp³-hybridized carbons (Fsp3) is 0.600. The van der Waals surface area contributed by atoms with Gasteiger partial charge in [0.05, 0.1) is 24.7 Å². The smallest absolute Gasteiger partial charge is 0.337 e. The van der Waals surface area contributed by atoms with Crippen molar-refractivity contribution in [1.29, 1.82) is 0 Å². The first-order valence-corrected chi connectivity index (χ1v) is 9.17. The predicted molar refractivity (Wildman–Crippen MR) is 92.2 cm³/mol. The molecule has 1 aromatic carbocycles. The summed E-state index contributed by atoms with van der Waals surface area (Å²) >= 11 is 0. The van der Waals surface area contributed by atoms with Crippen molar-refractivity contribution in [1.82, 2.24) is 0 Å². The number of methoxy groups -OCH3 is 1. The standard InChI is InChI=1S/C20H26O5/c1-23-18(21)15-8-10-16(11-9-15)20(12-4-2-5-13-20)19(22)25-17-7-3-6-14-24-17/h8-11,17H,2-7,12-14H2,1H3. The van der Waals surface area contributed by atoms with Crippen LogP contribution in [-0.2, 0) is 24.4 Å². The third-order valence-electron chi connectivity index (χ3n) is 5.33. The fourth-order valence-corrected chi connectivity index (χ4v) is 3.85. The average Bonchev–Trinajstić information content (AvgIpc) is 2.68. The molecule has 0 amide bonds. The van der Waals surface area contributed by atoms with E-state index in [0.717, 1.165) is 56.9 Å². The van der Waals surface area contributed by atoms with Crippen LogP contribution in [0.2, 0.25) is 0 Å². The predicted octanol–water partition coefficient (Wildman–Crippen LogP) is 3.74. The van der Waals surface area contributed by atoms with Gasteiger partial charge in [0, 0.05) is 6.42 Å². The number of benzene rings is 1. The van der Waals surface area contributed by atoms with E-state index in [2.05, 4.69) is 0 Å². The molecule has 136 valence electrons. The van der Waals surface area contributed by atoms with Crippen LogP contribution in [0.4, 0.5) is 0 Å². The highest BCUT2D eigenvalue weighted by Gasteiger charge is 2.43. The van der Waals surface area contributed by atoms with Gasteiger partial charge in [0.2, 0.25) is 6.29 Å². The zero-order valence-electron chi connectivity index (χ0n) is 14.8. The maximum Gasteiger partial charge on any atom is 0.337 e. The van der Waals surface area contributed by atoms with Gasteiger partial charge in [0.25, 0.3) is 0 Å². The number of esters is 2. The summed E-state index contributed by atoms with van der Waals surface area (Å²) in [7, 11) is 1.36. The van der Waals surface area contributed by atoms with Gasteiger partial charge in [-0.05, 0) is 43.4 Å². The van der Waals surface area contributed by atoms with Crippen LogP contribution in [0, 0.1) is 0 Å². The molecule has 0 N–H and O–H groups in total. The van der Waals surface area contributed by atoms with Gasteiger partial charge in [-0.2, -0.15) is 0 Å². The van der Waals surface area contributed by atoms with Crippen LogP contribution in [0.3, 0.4) is 0 Å². The molecular formula is C20H26O5. The molecule has 25 heavy (non-hydrogen) atoms. The second-order valence-electron chi connectivity index (χ2n) is 6.91. The quantitative estimate of drug-likeness (QED) is 0.777. The fourth-order valence-electron chi connectivity index (χ4n) is 3.85. The molecule has 2 aliphatic rings. The van der Waals surface area contributed by atoms with Gasteiger partial charge in [-0.25, -0.2) is 4.79 Å². The van der Waals surface area contributed by atoms with Crippen LogP contribution in [-0.4, -0.2) is 31.9 Å². The van der Waals surface area contributed by atoms with Crippen LogP contribution in [0.1, 0.15) is 67.3 Å². The van der Waals surface area contributed by atoms with Crippen molar-refractivity contribution in [3.8, 4) is 0 Å². The second kappa shape index (κ2) is 8.00. The van der Waals surface area contributed by atoms with E-state index in [1.165, 1.54) is 7.11 Å². The Labute approximate surface area is 148 Å². The minimum absolute atomic E-state index is 0.190. The normalized spacial score (nSPS) is 22.8. The molecule has 1 saturated heterocycles. The van der Waals surface area contributed by atoms with Gasteiger partial charge in [-0.1, -0.05) is 31.4 Å². The van der Waals surface area contributed by atoms with Crippen LogP contribution in [0.5, 0.6) is 0 Å². The third-order valence-corrected chi connectivity index (χ3v) is 5.33. The first-order chi connectivity index (χ1) is 12.2. The number of carbonyl (C=O) groups is 2. The Bertz CT molecular complexity index is 595. The van der Waals surface area contributed by atoms with Gasteiger partial charge in [-0.3, -0.25) is 4.79 Å². The zero-order valence-corrected chi connectivity index (χ0v) is 14.8. The summed E-state index contributed by atoms with van der Waals surface area (Å²) < 4.78 is 16.1. The van der Waals surface area contributed by atoms with E-state index < -0.39 is 11.7 Å². The largest absolute Gasteiger partial charge is 0.465 e. The summed E-state index contributed by atoms with van der Waals surface area (Å²) in [5.41, 5.74) is 0.773. The first-order valence-electron chi connectivity index (χ1n) is 9.17. The van der Waals surface area contributed by atoms with Crippen molar-refractivity contribution in [3.05, 3.63) is 35.4 Å². The minimum atomic E-state index is -0.631. The molecule has 1 atom stereocenters. The number of carbonyl (C=O) groups excluding carboxylic acids is 2. The number of ether oxygens (including phenoxy) is 3. The maximum absolute atomic E-state index is 13.1. The summed E-state index contributed by atoms with van der Waals surface area (Å²) in [6, 6.07) is 7.17. The molecule has 0 aromatic heterocycles. The van der Waals surface area contributed by atoms with E-state index in [0.29, 0.717) is 12.2 Å². The molecule has 0 radical (unpaired) electrons. The first kappa shape index (κ1) is 17.9. The van der Waals surface area contributed by atoms with Crippen LogP contribution < -0.4 is 0 Å². The number of hydrogen-bond acceptors (Lipinski definition) is 5. The highest BCUT2D eigenvalue weighted by atomic mass is 16.7. The molecule has 2 fully saturated rings. The van der Waals surface area contributed by atoms with Gasteiger partial charge >= 0.3 is 11.9 Å². The van der Waals surface area contributed by atoms with E-state index in [4.69, 9.17) is 14.2 Å². The minimum Gasteiger partial charge on any atom is -0.465 e. The highest BCUT2D eigenvalue weighted by molar-refractivity contribution is 5.90. The topological polar surface area (TPSA) is 61.8 Å². The van der Waals surface area contributed by atoms with E-state index >= 15 is 0 Å². The van der Waals surface area contributed by atoms with Crippen LogP contribution >= 0.6 is 0 Å². The van der Waals surface area contributed by atoms with Crippen LogP contribution in [0.15, 0.2) is 24.3 Å². The van der Waals surface area contributed by atoms with Gasteiger partial charge in [-0.15, -0.1) is 0 Å². The summed E-state index contributed by atoms with van der Waals surface area (Å²) in [4.78, 5) is 24.7. The van der Waals surface area contributed by atoms with Crippen molar-refractivity contribution >= 4 is 11.9 Å². The molecule has 0 bridgehead atoms. The average molecular weight is 346 g/mol. The van der Waals surface area contributed by atoms with Crippen molar-refractivity contribution in [2.75, 3.05) is 13.7 Å². The highest BCUT2D eigenvalue weighted by Crippen LogP contribution is 2.41. The SMILES string of the molecule is COC(=O)c1ccc(C2(C(=O)OC3CCCCO3)CCCCC2)cc1. The molecule has 5 heteroatoms. The molecule has 1 saturated carbocycles. The molecule has 1 unspecified atom stereocenters. The lowest BCUT2D eigenvalue weighted by Gasteiger charge is -2.37. The number of hydrogen-bond donors (Lipinski definition) is 0.